The highest BCUT2D eigenvalue weighted by molar-refractivity contribution is 5.81. The fourth-order valence-electron chi connectivity index (χ4n) is 2.10. The van der Waals surface area contributed by atoms with Crippen molar-refractivity contribution in [3.63, 3.8) is 0 Å². The number of rotatable bonds is 4. The lowest BCUT2D eigenvalue weighted by molar-refractivity contribution is 0.0910. The molecule has 20 heavy (non-hydrogen) atoms. The standard InChI is InChI=1S/C17H14O3/c18-17-16-9-5-4-8-14(16)10-15(20-17)12-19-11-13-6-2-1-3-7-13/h1-10H,11-12H2. The van der Waals surface area contributed by atoms with Gasteiger partial charge in [-0.25, -0.2) is 4.79 Å². The van der Waals surface area contributed by atoms with Crippen LogP contribution in [-0.4, -0.2) is 0 Å². The minimum absolute atomic E-state index is 0.287. The molecule has 0 aliphatic rings. The number of hydrogen-bond donors (Lipinski definition) is 0. The van der Waals surface area contributed by atoms with Gasteiger partial charge >= 0.3 is 5.63 Å². The molecule has 0 unspecified atom stereocenters. The van der Waals surface area contributed by atoms with Crippen LogP contribution in [0.3, 0.4) is 0 Å². The van der Waals surface area contributed by atoms with Crippen molar-refractivity contribution in [2.45, 2.75) is 13.2 Å². The molecule has 100 valence electrons. The molecule has 0 amide bonds. The van der Waals surface area contributed by atoms with Crippen molar-refractivity contribution in [1.29, 1.82) is 0 Å². The Balaban J connectivity index is 1.73. The van der Waals surface area contributed by atoms with Gasteiger partial charge in [-0.2, -0.15) is 0 Å². The third kappa shape index (κ3) is 2.78. The number of ether oxygens (including phenoxy) is 1. The molecular formula is C17H14O3. The molecule has 0 atom stereocenters. The number of benzene rings is 2. The van der Waals surface area contributed by atoms with Gasteiger partial charge in [0.1, 0.15) is 12.4 Å². The molecule has 3 rings (SSSR count). The lowest BCUT2D eigenvalue weighted by atomic mass is 10.2. The zero-order chi connectivity index (χ0) is 13.8. The Bertz CT molecular complexity index is 760. The first kappa shape index (κ1) is 12.6. The van der Waals surface area contributed by atoms with Gasteiger partial charge in [0.05, 0.1) is 12.0 Å². The first-order chi connectivity index (χ1) is 9.83. The summed E-state index contributed by atoms with van der Waals surface area (Å²) in [6.45, 7) is 0.784. The van der Waals surface area contributed by atoms with E-state index in [-0.39, 0.29) is 12.2 Å². The third-order valence-corrected chi connectivity index (χ3v) is 3.08. The maximum Gasteiger partial charge on any atom is 0.343 e. The van der Waals surface area contributed by atoms with Crippen LogP contribution >= 0.6 is 0 Å². The van der Waals surface area contributed by atoms with Crippen LogP contribution in [0, 0.1) is 0 Å². The van der Waals surface area contributed by atoms with Gasteiger partial charge in [0, 0.05) is 0 Å². The first-order valence-corrected chi connectivity index (χ1v) is 6.46. The van der Waals surface area contributed by atoms with E-state index in [2.05, 4.69) is 0 Å². The lowest BCUT2D eigenvalue weighted by Gasteiger charge is -2.04. The van der Waals surface area contributed by atoms with Gasteiger partial charge in [-0.05, 0) is 23.1 Å². The Labute approximate surface area is 116 Å². The molecule has 3 nitrogen and oxygen atoms in total. The molecule has 0 fully saturated rings. The Hall–Kier alpha value is -2.39. The van der Waals surface area contributed by atoms with Crippen molar-refractivity contribution >= 4 is 10.8 Å². The van der Waals surface area contributed by atoms with Crippen molar-refractivity contribution in [2.75, 3.05) is 0 Å². The topological polar surface area (TPSA) is 39.4 Å². The molecule has 0 saturated heterocycles. The largest absolute Gasteiger partial charge is 0.425 e. The summed E-state index contributed by atoms with van der Waals surface area (Å²) in [5.41, 5.74) is 0.775. The second-order valence-corrected chi connectivity index (χ2v) is 4.57. The molecule has 0 radical (unpaired) electrons. The summed E-state index contributed by atoms with van der Waals surface area (Å²) < 4.78 is 10.8. The first-order valence-electron chi connectivity index (χ1n) is 6.46. The molecule has 0 aliphatic heterocycles. The van der Waals surface area contributed by atoms with Crippen LogP contribution in [0.2, 0.25) is 0 Å². The molecular weight excluding hydrogens is 252 g/mol. The summed E-state index contributed by atoms with van der Waals surface area (Å²) >= 11 is 0. The molecule has 1 heterocycles. The van der Waals surface area contributed by atoms with E-state index in [9.17, 15) is 4.79 Å². The van der Waals surface area contributed by atoms with E-state index in [1.165, 1.54) is 0 Å². The van der Waals surface area contributed by atoms with Gasteiger partial charge in [-0.1, -0.05) is 48.5 Å². The van der Waals surface area contributed by atoms with Gasteiger partial charge in [-0.3, -0.25) is 0 Å². The molecule has 2 aromatic carbocycles. The fraction of sp³-hybridized carbons (Fsp3) is 0.118. The zero-order valence-electron chi connectivity index (χ0n) is 10.9. The molecule has 0 spiro atoms. The van der Waals surface area contributed by atoms with E-state index in [1.54, 1.807) is 6.07 Å². The van der Waals surface area contributed by atoms with Crippen LogP contribution < -0.4 is 5.63 Å². The van der Waals surface area contributed by atoms with Gasteiger partial charge in [0.15, 0.2) is 0 Å². The smallest absolute Gasteiger partial charge is 0.343 e. The normalized spacial score (nSPS) is 10.8. The van der Waals surface area contributed by atoms with Crippen LogP contribution in [-0.2, 0) is 18.0 Å². The van der Waals surface area contributed by atoms with Crippen molar-refractivity contribution in [3.8, 4) is 0 Å². The molecule has 0 saturated carbocycles. The average molecular weight is 266 g/mol. The van der Waals surface area contributed by atoms with Crippen LogP contribution in [0.25, 0.3) is 10.8 Å². The number of hydrogen-bond acceptors (Lipinski definition) is 3. The van der Waals surface area contributed by atoms with E-state index in [0.29, 0.717) is 17.8 Å². The Morgan fingerprint density at radius 1 is 0.900 bits per heavy atom. The van der Waals surface area contributed by atoms with Crippen molar-refractivity contribution in [3.05, 3.63) is 82.4 Å². The molecule has 0 bridgehead atoms. The van der Waals surface area contributed by atoms with Crippen LogP contribution in [0.4, 0.5) is 0 Å². The van der Waals surface area contributed by atoms with Gasteiger partial charge in [0.25, 0.3) is 0 Å². The van der Waals surface area contributed by atoms with Crippen LogP contribution in [0.15, 0.2) is 69.9 Å². The Kier molecular flexibility index (Phi) is 3.61. The van der Waals surface area contributed by atoms with Gasteiger partial charge in [-0.15, -0.1) is 0 Å². The molecule has 1 aromatic heterocycles. The number of fused-ring (bicyclic) bond motifs is 1. The summed E-state index contributed by atoms with van der Waals surface area (Å²) in [5, 5.41) is 1.47. The highest BCUT2D eigenvalue weighted by Gasteiger charge is 2.04. The van der Waals surface area contributed by atoms with E-state index in [1.807, 2.05) is 54.6 Å². The molecule has 3 heteroatoms. The molecule has 0 N–H and O–H groups in total. The van der Waals surface area contributed by atoms with Gasteiger partial charge in [0.2, 0.25) is 0 Å². The predicted molar refractivity (Wildman–Crippen MR) is 77.4 cm³/mol. The summed E-state index contributed by atoms with van der Waals surface area (Å²) in [5.74, 6) is 0.546. The van der Waals surface area contributed by atoms with E-state index in [0.717, 1.165) is 10.9 Å². The fourth-order valence-corrected chi connectivity index (χ4v) is 2.10. The second kappa shape index (κ2) is 5.72. The zero-order valence-corrected chi connectivity index (χ0v) is 10.9. The van der Waals surface area contributed by atoms with E-state index >= 15 is 0 Å². The Morgan fingerprint density at radius 2 is 1.65 bits per heavy atom. The minimum Gasteiger partial charge on any atom is -0.425 e. The van der Waals surface area contributed by atoms with Crippen LogP contribution in [0.5, 0.6) is 0 Å². The van der Waals surface area contributed by atoms with Crippen molar-refractivity contribution in [2.24, 2.45) is 0 Å². The molecule has 3 aromatic rings. The van der Waals surface area contributed by atoms with E-state index in [4.69, 9.17) is 9.15 Å². The third-order valence-electron chi connectivity index (χ3n) is 3.08. The lowest BCUT2D eigenvalue weighted by Crippen LogP contribution is -2.03. The Morgan fingerprint density at radius 3 is 2.50 bits per heavy atom. The maximum atomic E-state index is 11.8. The van der Waals surface area contributed by atoms with Crippen molar-refractivity contribution in [1.82, 2.24) is 0 Å². The summed E-state index contributed by atoms with van der Waals surface area (Å²) in [4.78, 5) is 11.8. The van der Waals surface area contributed by atoms with Crippen molar-refractivity contribution < 1.29 is 9.15 Å². The summed E-state index contributed by atoms with van der Waals surface area (Å²) in [6.07, 6.45) is 0. The SMILES string of the molecule is O=c1oc(COCc2ccccc2)cc2ccccc12. The highest BCUT2D eigenvalue weighted by Crippen LogP contribution is 2.13. The summed E-state index contributed by atoms with van der Waals surface area (Å²) in [7, 11) is 0. The minimum atomic E-state index is -0.318. The quantitative estimate of drug-likeness (QED) is 0.725. The van der Waals surface area contributed by atoms with Crippen LogP contribution in [0.1, 0.15) is 11.3 Å². The second-order valence-electron chi connectivity index (χ2n) is 4.57. The maximum absolute atomic E-state index is 11.8. The predicted octanol–water partition coefficient (Wildman–Crippen LogP) is 3.51. The van der Waals surface area contributed by atoms with Gasteiger partial charge < -0.3 is 9.15 Å². The average Bonchev–Trinajstić information content (AvgIpc) is 2.48. The highest BCUT2D eigenvalue weighted by atomic mass is 16.5. The monoisotopic (exact) mass is 266 g/mol. The summed E-state index contributed by atoms with van der Waals surface area (Å²) in [6, 6.07) is 19.1. The van der Waals surface area contributed by atoms with E-state index < -0.39 is 0 Å². The molecule has 0 aliphatic carbocycles.